The molecule has 0 bridgehead atoms. The molecule has 1 atom stereocenters. The number of ether oxygens (including phenoxy) is 3. The number of rotatable bonds is 10. The summed E-state index contributed by atoms with van der Waals surface area (Å²) in [5.74, 6) is 0.992. The third-order valence-corrected chi connectivity index (χ3v) is 2.73. The molecule has 5 nitrogen and oxygen atoms in total. The summed E-state index contributed by atoms with van der Waals surface area (Å²) in [6.07, 6.45) is 2.01. The minimum atomic E-state index is -0.724. The average Bonchev–Trinajstić information content (AvgIpc) is 2.49. The van der Waals surface area contributed by atoms with Crippen LogP contribution in [0.15, 0.2) is 18.2 Å². The molecule has 112 valence electrons. The normalized spacial score (nSPS) is 11.9. The zero-order valence-electron chi connectivity index (χ0n) is 12.0. The summed E-state index contributed by atoms with van der Waals surface area (Å²) in [5.41, 5.74) is 0.421. The molecule has 0 saturated carbocycles. The molecule has 1 unspecified atom stereocenters. The van der Waals surface area contributed by atoms with E-state index in [1.54, 1.807) is 18.2 Å². The Morgan fingerprint density at radius 2 is 2.15 bits per heavy atom. The SMILES string of the molecule is CCCCOCC(O)COc1cc(OC)ccc1C=O. The Hall–Kier alpha value is -1.59. The van der Waals surface area contributed by atoms with Gasteiger partial charge in [-0.3, -0.25) is 4.79 Å². The summed E-state index contributed by atoms with van der Waals surface area (Å²) in [4.78, 5) is 10.9. The standard InChI is InChI=1S/C15H22O5/c1-3-4-7-19-10-13(17)11-20-15-8-14(18-2)6-5-12(15)9-16/h5-6,8-9,13,17H,3-4,7,10-11H2,1-2H3. The maximum atomic E-state index is 10.9. The van der Waals surface area contributed by atoms with Crippen LogP contribution in [0.4, 0.5) is 0 Å². The molecule has 0 radical (unpaired) electrons. The van der Waals surface area contributed by atoms with E-state index in [2.05, 4.69) is 6.92 Å². The van der Waals surface area contributed by atoms with Crippen LogP contribution in [-0.2, 0) is 4.74 Å². The third kappa shape index (κ3) is 5.59. The van der Waals surface area contributed by atoms with Crippen LogP contribution in [0.2, 0.25) is 0 Å². The van der Waals surface area contributed by atoms with Crippen LogP contribution in [-0.4, -0.2) is 44.4 Å². The summed E-state index contributed by atoms with van der Waals surface area (Å²) in [5, 5.41) is 9.73. The highest BCUT2D eigenvalue weighted by Crippen LogP contribution is 2.23. The van der Waals surface area contributed by atoms with Crippen molar-refractivity contribution in [3.63, 3.8) is 0 Å². The van der Waals surface area contributed by atoms with E-state index >= 15 is 0 Å². The maximum absolute atomic E-state index is 10.9. The number of carbonyl (C=O) groups is 1. The second kappa shape index (κ2) is 9.34. The molecule has 1 N–H and O–H groups in total. The average molecular weight is 282 g/mol. The summed E-state index contributed by atoms with van der Waals surface area (Å²) in [6.45, 7) is 3.00. The van der Waals surface area contributed by atoms with Crippen molar-refractivity contribution in [1.82, 2.24) is 0 Å². The third-order valence-electron chi connectivity index (χ3n) is 2.73. The quantitative estimate of drug-likeness (QED) is 0.525. The van der Waals surface area contributed by atoms with E-state index in [1.165, 1.54) is 7.11 Å². The zero-order valence-corrected chi connectivity index (χ0v) is 12.0. The highest BCUT2D eigenvalue weighted by atomic mass is 16.5. The molecule has 0 aliphatic rings. The van der Waals surface area contributed by atoms with Crippen molar-refractivity contribution < 1.29 is 24.1 Å². The van der Waals surface area contributed by atoms with Crippen LogP contribution in [0.5, 0.6) is 11.5 Å². The highest BCUT2D eigenvalue weighted by molar-refractivity contribution is 5.79. The second-order valence-corrected chi connectivity index (χ2v) is 4.41. The molecule has 0 spiro atoms. The lowest BCUT2D eigenvalue weighted by atomic mass is 10.2. The fourth-order valence-electron chi connectivity index (χ4n) is 1.56. The van der Waals surface area contributed by atoms with Gasteiger partial charge in [0.25, 0.3) is 0 Å². The Labute approximate surface area is 119 Å². The van der Waals surface area contributed by atoms with Crippen molar-refractivity contribution in [2.24, 2.45) is 0 Å². The molecule has 1 aromatic carbocycles. The smallest absolute Gasteiger partial charge is 0.153 e. The molecule has 0 aliphatic carbocycles. The van der Waals surface area contributed by atoms with Crippen LogP contribution in [0.25, 0.3) is 0 Å². The topological polar surface area (TPSA) is 65.0 Å². The fourth-order valence-corrected chi connectivity index (χ4v) is 1.56. The van der Waals surface area contributed by atoms with Gasteiger partial charge in [0, 0.05) is 12.7 Å². The van der Waals surface area contributed by atoms with Crippen molar-refractivity contribution in [3.8, 4) is 11.5 Å². The fraction of sp³-hybridized carbons (Fsp3) is 0.533. The number of aliphatic hydroxyl groups is 1. The molecule has 1 aromatic rings. The number of aliphatic hydroxyl groups excluding tert-OH is 1. The van der Waals surface area contributed by atoms with Crippen molar-refractivity contribution >= 4 is 6.29 Å². The van der Waals surface area contributed by atoms with Crippen molar-refractivity contribution in [2.45, 2.75) is 25.9 Å². The molecule has 0 saturated heterocycles. The molecular weight excluding hydrogens is 260 g/mol. The van der Waals surface area contributed by atoms with E-state index in [0.717, 1.165) is 12.8 Å². The summed E-state index contributed by atoms with van der Waals surface area (Å²) in [7, 11) is 1.54. The van der Waals surface area contributed by atoms with Crippen LogP contribution in [0.3, 0.4) is 0 Å². The van der Waals surface area contributed by atoms with E-state index in [0.29, 0.717) is 30.0 Å². The van der Waals surface area contributed by atoms with Gasteiger partial charge in [-0.2, -0.15) is 0 Å². The second-order valence-electron chi connectivity index (χ2n) is 4.41. The summed E-state index contributed by atoms with van der Waals surface area (Å²) in [6, 6.07) is 4.92. The van der Waals surface area contributed by atoms with Crippen LogP contribution < -0.4 is 9.47 Å². The monoisotopic (exact) mass is 282 g/mol. The van der Waals surface area contributed by atoms with Gasteiger partial charge in [0.2, 0.25) is 0 Å². The Balaban J connectivity index is 2.45. The molecular formula is C15H22O5. The number of methoxy groups -OCH3 is 1. The Morgan fingerprint density at radius 3 is 2.80 bits per heavy atom. The van der Waals surface area contributed by atoms with Crippen molar-refractivity contribution in [3.05, 3.63) is 23.8 Å². The highest BCUT2D eigenvalue weighted by Gasteiger charge is 2.09. The first-order valence-corrected chi connectivity index (χ1v) is 6.73. The minimum Gasteiger partial charge on any atom is -0.497 e. The molecule has 5 heteroatoms. The van der Waals surface area contributed by atoms with Gasteiger partial charge in [0.15, 0.2) is 6.29 Å². The lowest BCUT2D eigenvalue weighted by Gasteiger charge is -2.14. The molecule has 0 fully saturated rings. The Morgan fingerprint density at radius 1 is 1.35 bits per heavy atom. The predicted octanol–water partition coefficient (Wildman–Crippen LogP) is 2.06. The van der Waals surface area contributed by atoms with Crippen molar-refractivity contribution in [2.75, 3.05) is 26.9 Å². The predicted molar refractivity (Wildman–Crippen MR) is 75.6 cm³/mol. The number of hydrogen-bond donors (Lipinski definition) is 1. The first-order chi connectivity index (χ1) is 9.71. The number of aldehydes is 1. The van der Waals surface area contributed by atoms with E-state index in [9.17, 15) is 9.90 Å². The number of benzene rings is 1. The first kappa shape index (κ1) is 16.5. The van der Waals surface area contributed by atoms with Gasteiger partial charge >= 0.3 is 0 Å². The van der Waals surface area contributed by atoms with Gasteiger partial charge in [0.1, 0.15) is 24.2 Å². The lowest BCUT2D eigenvalue weighted by Crippen LogP contribution is -2.24. The molecule has 0 heterocycles. The van der Waals surface area contributed by atoms with E-state index in [1.807, 2.05) is 0 Å². The van der Waals surface area contributed by atoms with E-state index < -0.39 is 6.10 Å². The van der Waals surface area contributed by atoms with Crippen LogP contribution in [0.1, 0.15) is 30.1 Å². The molecule has 0 aliphatic heterocycles. The van der Waals surface area contributed by atoms with Gasteiger partial charge in [-0.25, -0.2) is 0 Å². The van der Waals surface area contributed by atoms with Gasteiger partial charge in [0.05, 0.1) is 19.3 Å². The zero-order chi connectivity index (χ0) is 14.8. The van der Waals surface area contributed by atoms with E-state index in [4.69, 9.17) is 14.2 Å². The minimum absolute atomic E-state index is 0.0696. The van der Waals surface area contributed by atoms with Crippen molar-refractivity contribution in [1.29, 1.82) is 0 Å². The molecule has 0 aromatic heterocycles. The molecule has 0 amide bonds. The number of unbranched alkanes of at least 4 members (excludes halogenated alkanes) is 1. The van der Waals surface area contributed by atoms with Crippen LogP contribution in [0, 0.1) is 0 Å². The largest absolute Gasteiger partial charge is 0.497 e. The van der Waals surface area contributed by atoms with Gasteiger partial charge in [-0.1, -0.05) is 13.3 Å². The summed E-state index contributed by atoms with van der Waals surface area (Å²) < 4.78 is 15.8. The van der Waals surface area contributed by atoms with Gasteiger partial charge in [-0.05, 0) is 18.6 Å². The number of hydrogen-bond acceptors (Lipinski definition) is 5. The maximum Gasteiger partial charge on any atom is 0.153 e. The molecule has 1 rings (SSSR count). The Kier molecular flexibility index (Phi) is 7.69. The van der Waals surface area contributed by atoms with E-state index in [-0.39, 0.29) is 13.2 Å². The number of carbonyl (C=O) groups excluding carboxylic acids is 1. The lowest BCUT2D eigenvalue weighted by molar-refractivity contribution is 0.0112. The van der Waals surface area contributed by atoms with Gasteiger partial charge < -0.3 is 19.3 Å². The first-order valence-electron chi connectivity index (χ1n) is 6.73. The van der Waals surface area contributed by atoms with Gasteiger partial charge in [-0.15, -0.1) is 0 Å². The van der Waals surface area contributed by atoms with Crippen LogP contribution >= 0.6 is 0 Å². The Bertz CT molecular complexity index is 405. The summed E-state index contributed by atoms with van der Waals surface area (Å²) >= 11 is 0. The molecule has 20 heavy (non-hydrogen) atoms.